The average molecular weight is 329 g/mol. The first kappa shape index (κ1) is 14.2. The van der Waals surface area contributed by atoms with Crippen molar-refractivity contribution in [3.05, 3.63) is 66.4 Å². The van der Waals surface area contributed by atoms with Gasteiger partial charge in [-0.05, 0) is 49.2 Å². The third-order valence-corrected chi connectivity index (χ3v) is 4.63. The predicted octanol–water partition coefficient (Wildman–Crippen LogP) is 3.99. The first-order valence-electron chi connectivity index (χ1n) is 8.27. The molecule has 3 aromatic rings. The number of nitrogens with zero attached hydrogens (tertiary/aromatic N) is 2. The summed E-state index contributed by atoms with van der Waals surface area (Å²) < 4.78 is 5.82. The summed E-state index contributed by atoms with van der Waals surface area (Å²) in [6.07, 6.45) is 3.34. The molecule has 1 aliphatic carbocycles. The van der Waals surface area contributed by atoms with Crippen molar-refractivity contribution in [2.24, 2.45) is 0 Å². The van der Waals surface area contributed by atoms with Crippen LogP contribution in [0.3, 0.4) is 0 Å². The molecule has 1 fully saturated rings. The second-order valence-corrected chi connectivity index (χ2v) is 6.39. The van der Waals surface area contributed by atoms with Gasteiger partial charge in [-0.2, -0.15) is 0 Å². The van der Waals surface area contributed by atoms with Crippen molar-refractivity contribution in [3.63, 3.8) is 0 Å². The average Bonchev–Trinajstić information content (AvgIpc) is 3.37. The zero-order chi connectivity index (χ0) is 16.9. The highest BCUT2D eigenvalue weighted by atomic mass is 16.5. The first-order valence-corrected chi connectivity index (χ1v) is 8.27. The van der Waals surface area contributed by atoms with Crippen LogP contribution in [0.15, 0.2) is 60.8 Å². The minimum atomic E-state index is -0.563. The molecule has 1 saturated carbocycles. The van der Waals surface area contributed by atoms with Crippen molar-refractivity contribution in [2.45, 2.75) is 18.4 Å². The van der Waals surface area contributed by atoms with E-state index in [0.717, 1.165) is 29.8 Å². The molecule has 1 aliphatic heterocycles. The molecule has 0 radical (unpaired) electrons. The zero-order valence-electron chi connectivity index (χ0n) is 13.4. The van der Waals surface area contributed by atoms with Crippen LogP contribution in [0.4, 0.5) is 11.6 Å². The van der Waals surface area contributed by atoms with Crippen LogP contribution < -0.4 is 10.1 Å². The third-order valence-electron chi connectivity index (χ3n) is 4.63. The van der Waals surface area contributed by atoms with Crippen molar-refractivity contribution in [3.8, 4) is 17.0 Å². The van der Waals surface area contributed by atoms with Gasteiger partial charge in [-0.3, -0.25) is 4.79 Å². The molecule has 0 bridgehead atoms. The predicted molar refractivity (Wildman–Crippen MR) is 94.1 cm³/mol. The van der Waals surface area contributed by atoms with Crippen molar-refractivity contribution in [1.29, 1.82) is 0 Å². The summed E-state index contributed by atoms with van der Waals surface area (Å²) in [5.41, 5.74) is 2.67. The molecule has 1 N–H and O–H groups in total. The van der Waals surface area contributed by atoms with E-state index >= 15 is 0 Å². The van der Waals surface area contributed by atoms with Gasteiger partial charge < -0.3 is 10.1 Å². The molecule has 2 aromatic carbocycles. The van der Waals surface area contributed by atoms with E-state index in [1.165, 1.54) is 0 Å². The summed E-state index contributed by atoms with van der Waals surface area (Å²) in [6, 6.07) is 17.3. The Kier molecular flexibility index (Phi) is 2.91. The maximum absolute atomic E-state index is 12.5. The number of carbonyl (C=O) groups excluding carboxylic acids is 1. The third kappa shape index (κ3) is 2.36. The quantitative estimate of drug-likeness (QED) is 0.787. The smallest absolute Gasteiger partial charge is 0.227 e. The Morgan fingerprint density at radius 3 is 2.68 bits per heavy atom. The van der Waals surface area contributed by atoms with Gasteiger partial charge in [-0.15, -0.1) is 0 Å². The number of Topliss-reactive ketones (excluding diaryl/α,β-unsaturated/α-hetero) is 1. The normalized spacial score (nSPS) is 16.4. The van der Waals surface area contributed by atoms with E-state index in [0.29, 0.717) is 17.3 Å². The summed E-state index contributed by atoms with van der Waals surface area (Å²) in [7, 11) is 0. The second-order valence-electron chi connectivity index (χ2n) is 6.39. The second kappa shape index (κ2) is 5.14. The Hall–Kier alpha value is -3.21. The number of ketones is 1. The molecule has 0 unspecified atom stereocenters. The topological polar surface area (TPSA) is 64.1 Å². The molecule has 122 valence electrons. The first-order chi connectivity index (χ1) is 12.2. The monoisotopic (exact) mass is 329 g/mol. The van der Waals surface area contributed by atoms with Crippen LogP contribution in [-0.4, -0.2) is 21.4 Å². The van der Waals surface area contributed by atoms with E-state index in [9.17, 15) is 4.79 Å². The number of anilines is 2. The lowest BCUT2D eigenvalue weighted by Gasteiger charge is -2.07. The Morgan fingerprint density at radius 2 is 1.88 bits per heavy atom. The highest BCUT2D eigenvalue weighted by molar-refractivity contribution is 6.10. The molecule has 5 heteroatoms. The van der Waals surface area contributed by atoms with Gasteiger partial charge >= 0.3 is 0 Å². The van der Waals surface area contributed by atoms with Gasteiger partial charge in [0.2, 0.25) is 11.7 Å². The molecule has 1 spiro atoms. The number of ether oxygens (including phenoxy) is 1. The summed E-state index contributed by atoms with van der Waals surface area (Å²) in [5, 5.41) is 3.18. The van der Waals surface area contributed by atoms with Gasteiger partial charge in [-0.1, -0.05) is 18.2 Å². The largest absolute Gasteiger partial charge is 0.478 e. The van der Waals surface area contributed by atoms with Crippen LogP contribution in [-0.2, 0) is 0 Å². The Balaban J connectivity index is 1.47. The number of nitrogens with one attached hydrogen (secondary N) is 1. The highest BCUT2D eigenvalue weighted by Gasteiger charge is 2.57. The number of rotatable bonds is 3. The SMILES string of the molecule is O=C1c2cc(-c3ccnc(Nc4ccccc4)n3)ccc2OC12CC2. The van der Waals surface area contributed by atoms with E-state index in [1.54, 1.807) is 6.20 Å². The molecule has 5 rings (SSSR count). The molecular weight excluding hydrogens is 314 g/mol. The maximum atomic E-state index is 12.5. The summed E-state index contributed by atoms with van der Waals surface area (Å²) >= 11 is 0. The molecule has 2 heterocycles. The van der Waals surface area contributed by atoms with Gasteiger partial charge in [0.1, 0.15) is 5.75 Å². The van der Waals surface area contributed by atoms with Crippen molar-refractivity contribution < 1.29 is 9.53 Å². The number of hydrogen-bond acceptors (Lipinski definition) is 5. The van der Waals surface area contributed by atoms with Crippen molar-refractivity contribution in [1.82, 2.24) is 9.97 Å². The van der Waals surface area contributed by atoms with E-state index < -0.39 is 5.60 Å². The van der Waals surface area contributed by atoms with Gasteiger partial charge in [0, 0.05) is 17.4 Å². The fourth-order valence-electron chi connectivity index (χ4n) is 3.13. The Labute approximate surface area is 144 Å². The molecule has 1 aromatic heterocycles. The number of para-hydroxylation sites is 1. The number of benzene rings is 2. The summed E-state index contributed by atoms with van der Waals surface area (Å²) in [4.78, 5) is 21.3. The minimum Gasteiger partial charge on any atom is -0.478 e. The molecule has 2 aliphatic rings. The van der Waals surface area contributed by atoms with Crippen LogP contribution in [0, 0.1) is 0 Å². The van der Waals surface area contributed by atoms with Gasteiger partial charge in [0.05, 0.1) is 11.3 Å². The molecule has 0 amide bonds. The van der Waals surface area contributed by atoms with Crippen LogP contribution in [0.25, 0.3) is 11.3 Å². The molecule has 0 atom stereocenters. The van der Waals surface area contributed by atoms with E-state index in [4.69, 9.17) is 4.74 Å². The highest BCUT2D eigenvalue weighted by Crippen LogP contribution is 2.50. The van der Waals surface area contributed by atoms with E-state index in [-0.39, 0.29) is 5.78 Å². The van der Waals surface area contributed by atoms with Crippen molar-refractivity contribution in [2.75, 3.05) is 5.32 Å². The lowest BCUT2D eigenvalue weighted by Crippen LogP contribution is -2.21. The molecular formula is C20H15N3O2. The van der Waals surface area contributed by atoms with Crippen LogP contribution in [0.5, 0.6) is 5.75 Å². The molecule has 5 nitrogen and oxygen atoms in total. The van der Waals surface area contributed by atoms with Gasteiger partial charge in [0.15, 0.2) is 5.60 Å². The fraction of sp³-hybridized carbons (Fsp3) is 0.150. The van der Waals surface area contributed by atoms with Gasteiger partial charge in [0.25, 0.3) is 0 Å². The lowest BCUT2D eigenvalue weighted by molar-refractivity contribution is 0.0820. The zero-order valence-corrected chi connectivity index (χ0v) is 13.4. The Morgan fingerprint density at radius 1 is 1.04 bits per heavy atom. The Bertz CT molecular complexity index is 981. The number of fused-ring (bicyclic) bond motifs is 1. The lowest BCUT2D eigenvalue weighted by atomic mass is 10.0. The number of carbonyl (C=O) groups is 1. The standard InChI is InChI=1S/C20H15N3O2/c24-18-15-12-13(6-7-17(15)25-20(18)9-10-20)16-8-11-21-19(23-16)22-14-4-2-1-3-5-14/h1-8,11-12H,9-10H2,(H,21,22,23). The van der Waals surface area contributed by atoms with Crippen LogP contribution >= 0.6 is 0 Å². The molecule has 0 saturated heterocycles. The van der Waals surface area contributed by atoms with E-state index in [1.807, 2.05) is 54.6 Å². The van der Waals surface area contributed by atoms with E-state index in [2.05, 4.69) is 15.3 Å². The summed E-state index contributed by atoms with van der Waals surface area (Å²) in [6.45, 7) is 0. The van der Waals surface area contributed by atoms with Crippen LogP contribution in [0.2, 0.25) is 0 Å². The maximum Gasteiger partial charge on any atom is 0.227 e. The number of hydrogen-bond donors (Lipinski definition) is 1. The van der Waals surface area contributed by atoms with Crippen molar-refractivity contribution >= 4 is 17.4 Å². The van der Waals surface area contributed by atoms with Gasteiger partial charge in [-0.25, -0.2) is 9.97 Å². The molecule has 25 heavy (non-hydrogen) atoms. The van der Waals surface area contributed by atoms with Crippen LogP contribution in [0.1, 0.15) is 23.2 Å². The number of aromatic nitrogens is 2. The fourth-order valence-corrected chi connectivity index (χ4v) is 3.13. The summed E-state index contributed by atoms with van der Waals surface area (Å²) in [5.74, 6) is 1.30. The minimum absolute atomic E-state index is 0.0982.